The Kier molecular flexibility index (Phi) is 5.62. The first-order valence-corrected chi connectivity index (χ1v) is 6.30. The fourth-order valence-electron chi connectivity index (χ4n) is 1.36. The Morgan fingerprint density at radius 2 is 1.93 bits per heavy atom. The van der Waals surface area contributed by atoms with Crippen LogP contribution in [0.25, 0.3) is 6.08 Å². The SMILES string of the molecule is CCCCc1ccc(C=CCBr)cc1. The molecule has 1 aromatic carbocycles. The average Bonchev–Trinajstić information content (AvgIpc) is 2.25. The van der Waals surface area contributed by atoms with E-state index in [4.69, 9.17) is 0 Å². The van der Waals surface area contributed by atoms with Gasteiger partial charge in [0.2, 0.25) is 0 Å². The third-order valence-electron chi connectivity index (χ3n) is 2.20. The summed E-state index contributed by atoms with van der Waals surface area (Å²) in [5.41, 5.74) is 2.73. The summed E-state index contributed by atoms with van der Waals surface area (Å²) in [6, 6.07) is 8.82. The van der Waals surface area contributed by atoms with Gasteiger partial charge in [-0.3, -0.25) is 0 Å². The second-order valence-corrected chi connectivity index (χ2v) is 4.05. The summed E-state index contributed by atoms with van der Waals surface area (Å²) >= 11 is 3.37. The van der Waals surface area contributed by atoms with E-state index in [1.807, 2.05) is 0 Å². The molecule has 0 heterocycles. The molecule has 1 rings (SSSR count). The van der Waals surface area contributed by atoms with Crippen molar-refractivity contribution < 1.29 is 0 Å². The van der Waals surface area contributed by atoms with Crippen LogP contribution in [-0.2, 0) is 6.42 Å². The zero-order chi connectivity index (χ0) is 10.2. The van der Waals surface area contributed by atoms with Crippen molar-refractivity contribution in [2.45, 2.75) is 26.2 Å². The Hall–Kier alpha value is -0.560. The first-order chi connectivity index (χ1) is 6.86. The molecule has 0 aliphatic heterocycles. The lowest BCUT2D eigenvalue weighted by atomic mass is 10.1. The predicted octanol–water partition coefficient (Wildman–Crippen LogP) is 4.44. The van der Waals surface area contributed by atoms with Crippen molar-refractivity contribution in [2.75, 3.05) is 5.33 Å². The number of benzene rings is 1. The van der Waals surface area contributed by atoms with Crippen molar-refractivity contribution in [3.8, 4) is 0 Å². The van der Waals surface area contributed by atoms with Crippen LogP contribution in [0.2, 0.25) is 0 Å². The highest BCUT2D eigenvalue weighted by molar-refractivity contribution is 9.09. The first kappa shape index (κ1) is 11.5. The van der Waals surface area contributed by atoms with Gasteiger partial charge in [0.25, 0.3) is 0 Å². The van der Waals surface area contributed by atoms with Gasteiger partial charge in [0.1, 0.15) is 0 Å². The van der Waals surface area contributed by atoms with Crippen LogP contribution < -0.4 is 0 Å². The van der Waals surface area contributed by atoms with Crippen LogP contribution in [0.15, 0.2) is 30.3 Å². The van der Waals surface area contributed by atoms with E-state index >= 15 is 0 Å². The van der Waals surface area contributed by atoms with Gasteiger partial charge in [0.05, 0.1) is 0 Å². The predicted molar refractivity (Wildman–Crippen MR) is 67.9 cm³/mol. The van der Waals surface area contributed by atoms with E-state index in [1.54, 1.807) is 0 Å². The van der Waals surface area contributed by atoms with Crippen LogP contribution in [0.4, 0.5) is 0 Å². The molecule has 0 spiro atoms. The third-order valence-corrected chi connectivity index (χ3v) is 2.57. The Labute approximate surface area is 95.2 Å². The van der Waals surface area contributed by atoms with Crippen LogP contribution in [0.5, 0.6) is 0 Å². The van der Waals surface area contributed by atoms with Crippen molar-refractivity contribution >= 4 is 22.0 Å². The molecule has 0 saturated heterocycles. The number of halogens is 1. The Morgan fingerprint density at radius 3 is 2.50 bits per heavy atom. The highest BCUT2D eigenvalue weighted by Gasteiger charge is 1.91. The van der Waals surface area contributed by atoms with Gasteiger partial charge in [0, 0.05) is 5.33 Å². The first-order valence-electron chi connectivity index (χ1n) is 5.18. The van der Waals surface area contributed by atoms with E-state index in [0.717, 1.165) is 5.33 Å². The summed E-state index contributed by atoms with van der Waals surface area (Å²) in [5.74, 6) is 0. The lowest BCUT2D eigenvalue weighted by Crippen LogP contribution is -1.84. The number of hydrogen-bond acceptors (Lipinski definition) is 0. The van der Waals surface area contributed by atoms with E-state index in [2.05, 4.69) is 59.3 Å². The van der Waals surface area contributed by atoms with Crippen LogP contribution in [0.3, 0.4) is 0 Å². The third kappa shape index (κ3) is 4.10. The minimum absolute atomic E-state index is 0.921. The van der Waals surface area contributed by atoms with E-state index in [0.29, 0.717) is 0 Å². The molecule has 14 heavy (non-hydrogen) atoms. The minimum Gasteiger partial charge on any atom is -0.0883 e. The highest BCUT2D eigenvalue weighted by atomic mass is 79.9. The fourth-order valence-corrected chi connectivity index (χ4v) is 1.54. The summed E-state index contributed by atoms with van der Waals surface area (Å²) in [6.45, 7) is 2.23. The lowest BCUT2D eigenvalue weighted by Gasteiger charge is -2.00. The van der Waals surface area contributed by atoms with Gasteiger partial charge in [0.15, 0.2) is 0 Å². The molecule has 0 radical (unpaired) electrons. The van der Waals surface area contributed by atoms with Gasteiger partial charge >= 0.3 is 0 Å². The second-order valence-electron chi connectivity index (χ2n) is 3.40. The quantitative estimate of drug-likeness (QED) is 0.680. The van der Waals surface area contributed by atoms with Crippen LogP contribution >= 0.6 is 15.9 Å². The van der Waals surface area contributed by atoms with E-state index in [1.165, 1.54) is 30.4 Å². The molecule has 0 atom stereocenters. The highest BCUT2D eigenvalue weighted by Crippen LogP contribution is 2.09. The molecule has 0 amide bonds. The van der Waals surface area contributed by atoms with Gasteiger partial charge in [-0.2, -0.15) is 0 Å². The molecular formula is C13H17Br. The van der Waals surface area contributed by atoms with Gasteiger partial charge in [-0.15, -0.1) is 0 Å². The number of alkyl halides is 1. The molecule has 0 bridgehead atoms. The van der Waals surface area contributed by atoms with Crippen molar-refractivity contribution in [3.05, 3.63) is 41.5 Å². The van der Waals surface area contributed by atoms with E-state index in [-0.39, 0.29) is 0 Å². The molecule has 0 N–H and O–H groups in total. The summed E-state index contributed by atoms with van der Waals surface area (Å²) in [5, 5.41) is 0.921. The molecule has 0 aliphatic carbocycles. The number of unbranched alkanes of at least 4 members (excludes halogenated alkanes) is 1. The van der Waals surface area contributed by atoms with Crippen molar-refractivity contribution in [1.82, 2.24) is 0 Å². The molecule has 1 aromatic rings. The standard InChI is InChI=1S/C13H17Br/c1-2-3-5-12-7-9-13(10-8-12)6-4-11-14/h4,6-10H,2-3,5,11H2,1H3. The molecule has 1 heteroatoms. The molecule has 0 unspecified atom stereocenters. The molecule has 0 aromatic heterocycles. The number of aryl methyl sites for hydroxylation is 1. The maximum atomic E-state index is 3.37. The zero-order valence-corrected chi connectivity index (χ0v) is 10.3. The van der Waals surface area contributed by atoms with Crippen LogP contribution in [0.1, 0.15) is 30.9 Å². The molecule has 0 fully saturated rings. The lowest BCUT2D eigenvalue weighted by molar-refractivity contribution is 0.795. The molecule has 76 valence electrons. The summed E-state index contributed by atoms with van der Waals surface area (Å²) < 4.78 is 0. The number of rotatable bonds is 5. The van der Waals surface area contributed by atoms with Gasteiger partial charge < -0.3 is 0 Å². The Balaban J connectivity index is 2.54. The maximum Gasteiger partial charge on any atom is 0.0215 e. The number of hydrogen-bond donors (Lipinski definition) is 0. The molecular weight excluding hydrogens is 236 g/mol. The van der Waals surface area contributed by atoms with Gasteiger partial charge in [-0.1, -0.05) is 65.7 Å². The Bertz CT molecular complexity index is 272. The summed E-state index contributed by atoms with van der Waals surface area (Å²) in [7, 11) is 0. The normalized spacial score (nSPS) is 11.0. The van der Waals surface area contributed by atoms with Crippen molar-refractivity contribution in [2.24, 2.45) is 0 Å². The number of allylic oxidation sites excluding steroid dienone is 1. The topological polar surface area (TPSA) is 0 Å². The largest absolute Gasteiger partial charge is 0.0883 e. The van der Waals surface area contributed by atoms with Crippen LogP contribution in [0, 0.1) is 0 Å². The second kappa shape index (κ2) is 6.83. The van der Waals surface area contributed by atoms with Crippen molar-refractivity contribution in [1.29, 1.82) is 0 Å². The molecule has 0 aliphatic rings. The van der Waals surface area contributed by atoms with Gasteiger partial charge in [-0.05, 0) is 24.0 Å². The Morgan fingerprint density at radius 1 is 1.21 bits per heavy atom. The van der Waals surface area contributed by atoms with Gasteiger partial charge in [-0.25, -0.2) is 0 Å². The monoisotopic (exact) mass is 252 g/mol. The van der Waals surface area contributed by atoms with E-state index in [9.17, 15) is 0 Å². The minimum atomic E-state index is 0.921. The van der Waals surface area contributed by atoms with E-state index < -0.39 is 0 Å². The summed E-state index contributed by atoms with van der Waals surface area (Å²) in [6.07, 6.45) is 8.01. The molecule has 0 nitrogen and oxygen atoms in total. The summed E-state index contributed by atoms with van der Waals surface area (Å²) in [4.78, 5) is 0. The fraction of sp³-hybridized carbons (Fsp3) is 0.385. The average molecular weight is 253 g/mol. The smallest absolute Gasteiger partial charge is 0.0215 e. The van der Waals surface area contributed by atoms with Crippen LogP contribution in [-0.4, -0.2) is 5.33 Å². The molecule has 0 saturated carbocycles. The van der Waals surface area contributed by atoms with Crippen molar-refractivity contribution in [3.63, 3.8) is 0 Å². The zero-order valence-electron chi connectivity index (χ0n) is 8.67. The maximum absolute atomic E-state index is 3.37.